The Morgan fingerprint density at radius 1 is 0.941 bits per heavy atom. The van der Waals surface area contributed by atoms with Crippen molar-refractivity contribution >= 4 is 38.4 Å². The number of carbonyl (C=O) groups is 1. The number of rotatable bonds is 4. The van der Waals surface area contributed by atoms with Crippen LogP contribution in [0, 0.1) is 25.7 Å². The van der Waals surface area contributed by atoms with Gasteiger partial charge in [-0.25, -0.2) is 8.42 Å². The van der Waals surface area contributed by atoms with Crippen molar-refractivity contribution in [3.05, 3.63) is 106 Å². The zero-order valence-corrected chi connectivity index (χ0v) is 20.0. The van der Waals surface area contributed by atoms with Crippen LogP contribution in [0.1, 0.15) is 32.6 Å². The van der Waals surface area contributed by atoms with Crippen LogP contribution in [0.5, 0.6) is 0 Å². The molecular weight excluding hydrogens is 470 g/mol. The number of hydrogen-bond acceptors (Lipinski definition) is 4. The second-order valence-electron chi connectivity index (χ2n) is 7.64. The van der Waals surface area contributed by atoms with Crippen LogP contribution < -0.4 is 10.3 Å². The van der Waals surface area contributed by atoms with E-state index in [1.54, 1.807) is 43.5 Å². The molecule has 0 spiro atoms. The summed E-state index contributed by atoms with van der Waals surface area (Å²) in [6, 6.07) is 19.4. The summed E-state index contributed by atoms with van der Waals surface area (Å²) in [7, 11) is -4.06. The highest BCUT2D eigenvalue weighted by Crippen LogP contribution is 2.24. The van der Waals surface area contributed by atoms with E-state index in [0.29, 0.717) is 11.1 Å². The third-order valence-corrected chi connectivity index (χ3v) is 7.04. The van der Waals surface area contributed by atoms with Crippen LogP contribution in [0.4, 0.5) is 0 Å². The van der Waals surface area contributed by atoms with E-state index in [0.717, 1.165) is 22.0 Å². The average Bonchev–Trinajstić information content (AvgIpc) is 2.81. The Labute approximate surface area is 203 Å². The van der Waals surface area contributed by atoms with Crippen molar-refractivity contribution in [2.24, 2.45) is 0 Å². The minimum absolute atomic E-state index is 0.0674. The van der Waals surface area contributed by atoms with Gasteiger partial charge in [0.15, 0.2) is 0 Å². The topological polar surface area (TPSA) is 88.2 Å². The quantitative estimate of drug-likeness (QED) is 0.325. The fourth-order valence-corrected chi connectivity index (χ4v) is 5.04. The smallest absolute Gasteiger partial charge is 0.266 e. The highest BCUT2D eigenvalue weighted by Gasteiger charge is 2.21. The largest absolute Gasteiger partial charge is 0.273 e. The van der Waals surface area contributed by atoms with Gasteiger partial charge >= 0.3 is 0 Å². The third-order valence-electron chi connectivity index (χ3n) is 5.16. The van der Waals surface area contributed by atoms with Crippen molar-refractivity contribution in [1.82, 2.24) is 15.2 Å². The van der Waals surface area contributed by atoms with E-state index in [1.165, 1.54) is 6.07 Å². The molecule has 0 radical (unpaired) electrons. The maximum absolute atomic E-state index is 12.6. The van der Waals surface area contributed by atoms with Crippen LogP contribution in [0.25, 0.3) is 10.9 Å². The number of aryl methyl sites for hydroxylation is 2. The number of hydrazine groups is 1. The van der Waals surface area contributed by atoms with Gasteiger partial charge in [0.25, 0.3) is 15.9 Å². The van der Waals surface area contributed by atoms with Gasteiger partial charge in [-0.05, 0) is 55.3 Å². The van der Waals surface area contributed by atoms with Crippen molar-refractivity contribution < 1.29 is 13.2 Å². The second-order valence-corrected chi connectivity index (χ2v) is 9.67. The molecule has 0 bridgehead atoms. The monoisotopic (exact) mass is 489 g/mol. The number of carbonyl (C=O) groups excluding carboxylic acids is 1. The van der Waals surface area contributed by atoms with Gasteiger partial charge in [0.1, 0.15) is 4.90 Å². The fourth-order valence-electron chi connectivity index (χ4n) is 3.37. The number of para-hydroxylation sites is 1. The van der Waals surface area contributed by atoms with Gasteiger partial charge in [-0.2, -0.15) is 0 Å². The van der Waals surface area contributed by atoms with E-state index in [4.69, 9.17) is 11.6 Å². The molecule has 1 amide bonds. The number of amides is 1. The molecule has 4 aromatic rings. The van der Waals surface area contributed by atoms with E-state index in [2.05, 4.69) is 27.1 Å². The molecule has 1 aromatic heterocycles. The zero-order chi connectivity index (χ0) is 24.3. The van der Waals surface area contributed by atoms with Gasteiger partial charge in [0, 0.05) is 28.3 Å². The highest BCUT2D eigenvalue weighted by molar-refractivity contribution is 7.89. The SMILES string of the molecule is Cc1ccc(C(=O)NNS(=O)(=O)c2c(C)cccc2Cl)cc1C#Cc1cnc2ccccc2c1. The summed E-state index contributed by atoms with van der Waals surface area (Å²) in [4.78, 5) is 19.1. The first kappa shape index (κ1) is 23.5. The van der Waals surface area contributed by atoms with Crippen LogP contribution in [0.3, 0.4) is 0 Å². The molecule has 0 saturated heterocycles. The number of hydrogen-bond donors (Lipinski definition) is 2. The van der Waals surface area contributed by atoms with Crippen LogP contribution in [0.2, 0.25) is 5.02 Å². The molecule has 4 rings (SSSR count). The molecule has 2 N–H and O–H groups in total. The maximum atomic E-state index is 12.6. The molecule has 0 aliphatic heterocycles. The average molecular weight is 490 g/mol. The Kier molecular flexibility index (Phi) is 6.66. The number of pyridine rings is 1. The van der Waals surface area contributed by atoms with Crippen molar-refractivity contribution in [3.63, 3.8) is 0 Å². The second kappa shape index (κ2) is 9.65. The van der Waals surface area contributed by atoms with Crippen molar-refractivity contribution in [3.8, 4) is 11.8 Å². The Morgan fingerprint density at radius 2 is 1.74 bits per heavy atom. The van der Waals surface area contributed by atoms with Crippen LogP contribution in [-0.4, -0.2) is 19.3 Å². The van der Waals surface area contributed by atoms with E-state index < -0.39 is 15.9 Å². The minimum Gasteiger partial charge on any atom is -0.273 e. The molecule has 0 unspecified atom stereocenters. The predicted molar refractivity (Wildman–Crippen MR) is 133 cm³/mol. The number of nitrogens with zero attached hydrogens (tertiary/aromatic N) is 1. The molecule has 0 fully saturated rings. The lowest BCUT2D eigenvalue weighted by Gasteiger charge is -2.12. The third kappa shape index (κ3) is 5.10. The molecule has 34 heavy (non-hydrogen) atoms. The Hall–Kier alpha value is -3.70. The van der Waals surface area contributed by atoms with E-state index in [1.807, 2.05) is 37.3 Å². The van der Waals surface area contributed by atoms with Crippen molar-refractivity contribution in [2.75, 3.05) is 0 Å². The summed E-state index contributed by atoms with van der Waals surface area (Å²) in [6.45, 7) is 3.51. The highest BCUT2D eigenvalue weighted by atomic mass is 35.5. The Bertz CT molecular complexity index is 1570. The number of sulfonamides is 1. The molecule has 6 nitrogen and oxygen atoms in total. The predicted octanol–water partition coefficient (Wildman–Crippen LogP) is 4.53. The molecule has 0 saturated carbocycles. The van der Waals surface area contributed by atoms with Crippen molar-refractivity contribution in [2.45, 2.75) is 18.7 Å². The summed E-state index contributed by atoms with van der Waals surface area (Å²) >= 11 is 6.05. The van der Waals surface area contributed by atoms with Gasteiger partial charge in [0.2, 0.25) is 0 Å². The number of halogens is 1. The number of nitrogens with one attached hydrogen (secondary N) is 2. The molecule has 1 heterocycles. The maximum Gasteiger partial charge on any atom is 0.266 e. The molecule has 170 valence electrons. The number of benzene rings is 3. The normalized spacial score (nSPS) is 11.0. The summed E-state index contributed by atoms with van der Waals surface area (Å²) in [5.74, 6) is 5.53. The Balaban J connectivity index is 1.54. The lowest BCUT2D eigenvalue weighted by molar-refractivity contribution is 0.0945. The molecule has 8 heteroatoms. The lowest BCUT2D eigenvalue weighted by Crippen LogP contribution is -2.41. The molecule has 0 aliphatic carbocycles. The summed E-state index contributed by atoms with van der Waals surface area (Å²) in [5, 5.41) is 1.05. The van der Waals surface area contributed by atoms with Crippen LogP contribution in [-0.2, 0) is 10.0 Å². The van der Waals surface area contributed by atoms with Crippen molar-refractivity contribution in [1.29, 1.82) is 0 Å². The first-order valence-electron chi connectivity index (χ1n) is 10.3. The molecular formula is C26H20ClN3O3S. The first-order chi connectivity index (χ1) is 16.2. The summed E-state index contributed by atoms with van der Waals surface area (Å²) in [5.41, 5.74) is 6.11. The standard InChI is InChI=1S/C26H20ClN3O3S/c1-17-10-12-22(26(31)29-30-34(32,33)25-18(2)6-5-8-23(25)27)15-20(17)13-11-19-14-21-7-3-4-9-24(21)28-16-19/h3-10,12,14-16,30H,1-2H3,(H,29,31). The Morgan fingerprint density at radius 3 is 2.53 bits per heavy atom. The van der Waals surface area contributed by atoms with Gasteiger partial charge in [-0.15, -0.1) is 4.83 Å². The molecule has 3 aromatic carbocycles. The van der Waals surface area contributed by atoms with Gasteiger partial charge in [-0.3, -0.25) is 15.2 Å². The molecule has 0 atom stereocenters. The minimum atomic E-state index is -4.06. The number of fused-ring (bicyclic) bond motifs is 1. The lowest BCUT2D eigenvalue weighted by atomic mass is 10.0. The molecule has 0 aliphatic rings. The van der Waals surface area contributed by atoms with Crippen LogP contribution >= 0.6 is 11.6 Å². The van der Waals surface area contributed by atoms with Crippen LogP contribution in [0.15, 0.2) is 77.8 Å². The van der Waals surface area contributed by atoms with E-state index >= 15 is 0 Å². The zero-order valence-electron chi connectivity index (χ0n) is 18.4. The van der Waals surface area contributed by atoms with Gasteiger partial charge in [-0.1, -0.05) is 59.8 Å². The summed E-state index contributed by atoms with van der Waals surface area (Å²) < 4.78 is 25.3. The summed E-state index contributed by atoms with van der Waals surface area (Å²) in [6.07, 6.45) is 1.70. The van der Waals surface area contributed by atoms with E-state index in [9.17, 15) is 13.2 Å². The fraction of sp³-hybridized carbons (Fsp3) is 0.0769. The number of aromatic nitrogens is 1. The first-order valence-corrected chi connectivity index (χ1v) is 12.2. The van der Waals surface area contributed by atoms with E-state index in [-0.39, 0.29) is 15.5 Å². The van der Waals surface area contributed by atoms with Gasteiger partial charge < -0.3 is 0 Å². The van der Waals surface area contributed by atoms with Gasteiger partial charge in [0.05, 0.1) is 10.5 Å².